The highest BCUT2D eigenvalue weighted by atomic mass is 35.5. The summed E-state index contributed by atoms with van der Waals surface area (Å²) in [6.07, 6.45) is 1.51. The van der Waals surface area contributed by atoms with Gasteiger partial charge in [-0.05, 0) is 16.5 Å². The first-order valence-electron chi connectivity index (χ1n) is 8.75. The van der Waals surface area contributed by atoms with Crippen molar-refractivity contribution in [2.45, 2.75) is 25.4 Å². The van der Waals surface area contributed by atoms with E-state index in [-0.39, 0.29) is 17.9 Å². The topological polar surface area (TPSA) is 100 Å². The fraction of sp³-hybridized carbons (Fsp3) is 0.529. The predicted octanol–water partition coefficient (Wildman–Crippen LogP) is -0.157. The van der Waals surface area contributed by atoms with Gasteiger partial charge in [-0.3, -0.25) is 4.79 Å². The number of quaternary nitrogens is 1. The SMILES string of the molecule is COCCn1nnnc1[C@@H](c1ccccc1Cl)[NH+]1CCC(C(N)=O)CC1. The number of aromatic nitrogens is 4. The van der Waals surface area contributed by atoms with Crippen LogP contribution in [-0.4, -0.2) is 52.9 Å². The highest BCUT2D eigenvalue weighted by molar-refractivity contribution is 6.31. The largest absolute Gasteiger partial charge is 0.383 e. The number of hydrogen-bond donors (Lipinski definition) is 2. The van der Waals surface area contributed by atoms with Crippen molar-refractivity contribution in [2.75, 3.05) is 26.8 Å². The first-order chi connectivity index (χ1) is 12.6. The molecule has 3 rings (SSSR count). The van der Waals surface area contributed by atoms with Crippen LogP contribution >= 0.6 is 11.6 Å². The minimum atomic E-state index is -0.219. The molecule has 2 aromatic rings. The number of halogens is 1. The number of carbonyl (C=O) groups excluding carboxylic acids is 1. The van der Waals surface area contributed by atoms with Gasteiger partial charge in [0.2, 0.25) is 11.7 Å². The monoisotopic (exact) mass is 379 g/mol. The van der Waals surface area contributed by atoms with Crippen molar-refractivity contribution in [1.29, 1.82) is 0 Å². The highest BCUT2D eigenvalue weighted by Crippen LogP contribution is 2.26. The average Bonchev–Trinajstić information content (AvgIpc) is 3.10. The summed E-state index contributed by atoms with van der Waals surface area (Å²) in [7, 11) is 1.65. The number of nitrogens with one attached hydrogen (secondary N) is 1. The Hall–Kier alpha value is -2.03. The molecule has 1 aromatic carbocycles. The Morgan fingerprint density at radius 2 is 2.15 bits per heavy atom. The second-order valence-corrected chi connectivity index (χ2v) is 6.95. The van der Waals surface area contributed by atoms with E-state index in [2.05, 4.69) is 15.5 Å². The number of hydrogen-bond acceptors (Lipinski definition) is 5. The molecule has 3 N–H and O–H groups in total. The van der Waals surface area contributed by atoms with E-state index >= 15 is 0 Å². The third-order valence-corrected chi connectivity index (χ3v) is 5.32. The molecule has 1 fully saturated rings. The standard InChI is InChI=1S/C17H23ClN6O2/c1-26-11-10-24-17(20-21-22-24)15(13-4-2-3-5-14(13)18)23-8-6-12(7-9-23)16(19)25/h2-5,12,15H,6-11H2,1H3,(H2,19,25)/p+1/t15-/m1/s1. The minimum absolute atomic E-state index is 0.0601. The van der Waals surface area contributed by atoms with Crippen LogP contribution in [0.1, 0.15) is 30.3 Å². The summed E-state index contributed by atoms with van der Waals surface area (Å²) in [5.74, 6) is 0.473. The number of nitrogens with zero attached hydrogens (tertiary/aromatic N) is 4. The molecule has 0 spiro atoms. The molecule has 0 bridgehead atoms. The lowest BCUT2D eigenvalue weighted by atomic mass is 9.93. The molecular weight excluding hydrogens is 356 g/mol. The highest BCUT2D eigenvalue weighted by Gasteiger charge is 2.36. The van der Waals surface area contributed by atoms with Crippen LogP contribution in [0.25, 0.3) is 0 Å². The summed E-state index contributed by atoms with van der Waals surface area (Å²) in [5, 5.41) is 13.0. The maximum Gasteiger partial charge on any atom is 0.220 e. The molecule has 1 amide bonds. The number of benzene rings is 1. The Morgan fingerprint density at radius 3 is 2.81 bits per heavy atom. The number of methoxy groups -OCH3 is 1. The van der Waals surface area contributed by atoms with Gasteiger partial charge in [-0.25, -0.2) is 4.68 Å². The van der Waals surface area contributed by atoms with Crippen LogP contribution < -0.4 is 10.6 Å². The van der Waals surface area contributed by atoms with Crippen LogP contribution in [0.15, 0.2) is 24.3 Å². The zero-order valence-electron chi connectivity index (χ0n) is 14.8. The molecule has 1 aliphatic rings. The summed E-state index contributed by atoms with van der Waals surface area (Å²) in [4.78, 5) is 12.8. The Bertz CT molecular complexity index is 744. The third-order valence-electron chi connectivity index (χ3n) is 4.98. The molecule has 0 radical (unpaired) electrons. The average molecular weight is 380 g/mol. The summed E-state index contributed by atoms with van der Waals surface area (Å²) in [6, 6.07) is 7.65. The van der Waals surface area contributed by atoms with Crippen LogP contribution in [0.2, 0.25) is 5.02 Å². The van der Waals surface area contributed by atoms with Crippen LogP contribution in [0, 0.1) is 5.92 Å². The Kier molecular flexibility index (Phi) is 6.18. The van der Waals surface area contributed by atoms with Gasteiger partial charge in [-0.1, -0.05) is 29.8 Å². The Labute approximate surface area is 157 Å². The van der Waals surface area contributed by atoms with E-state index in [1.54, 1.807) is 11.8 Å². The molecule has 26 heavy (non-hydrogen) atoms. The van der Waals surface area contributed by atoms with Crippen molar-refractivity contribution in [3.8, 4) is 0 Å². The lowest BCUT2D eigenvalue weighted by Gasteiger charge is -2.33. The summed E-state index contributed by atoms with van der Waals surface area (Å²) >= 11 is 6.50. The first-order valence-corrected chi connectivity index (χ1v) is 9.13. The van der Waals surface area contributed by atoms with Gasteiger partial charge in [-0.15, -0.1) is 5.10 Å². The quantitative estimate of drug-likeness (QED) is 0.696. The second-order valence-electron chi connectivity index (χ2n) is 6.54. The third kappa shape index (κ3) is 4.03. The molecule has 1 saturated heterocycles. The number of carbonyl (C=O) groups is 1. The zero-order chi connectivity index (χ0) is 18.5. The normalized spacial score (nSPS) is 21.5. The van der Waals surface area contributed by atoms with E-state index in [4.69, 9.17) is 22.1 Å². The Balaban J connectivity index is 1.92. The van der Waals surface area contributed by atoms with E-state index in [1.165, 1.54) is 4.90 Å². The predicted molar refractivity (Wildman–Crippen MR) is 95.6 cm³/mol. The van der Waals surface area contributed by atoms with E-state index in [0.29, 0.717) is 18.2 Å². The maximum absolute atomic E-state index is 11.5. The number of amides is 1. The van der Waals surface area contributed by atoms with Crippen LogP contribution in [0.5, 0.6) is 0 Å². The zero-order valence-corrected chi connectivity index (χ0v) is 15.5. The molecular formula is C17H24ClN6O2+. The van der Waals surface area contributed by atoms with Crippen molar-refractivity contribution < 1.29 is 14.4 Å². The fourth-order valence-electron chi connectivity index (χ4n) is 3.57. The lowest BCUT2D eigenvalue weighted by Crippen LogP contribution is -3.13. The van der Waals surface area contributed by atoms with E-state index < -0.39 is 0 Å². The number of piperidine rings is 1. The summed E-state index contributed by atoms with van der Waals surface area (Å²) in [5.41, 5.74) is 6.46. The first kappa shape index (κ1) is 18.8. The molecule has 0 saturated carbocycles. The van der Waals surface area contributed by atoms with Gasteiger partial charge in [0.15, 0.2) is 6.04 Å². The van der Waals surface area contributed by atoms with Crippen molar-refractivity contribution >= 4 is 17.5 Å². The van der Waals surface area contributed by atoms with Crippen molar-refractivity contribution in [3.05, 3.63) is 40.7 Å². The number of likely N-dealkylation sites (tertiary alicyclic amines) is 1. The molecule has 1 atom stereocenters. The van der Waals surface area contributed by atoms with Crippen LogP contribution in [0.4, 0.5) is 0 Å². The maximum atomic E-state index is 11.5. The second kappa shape index (κ2) is 8.57. The molecule has 140 valence electrons. The minimum Gasteiger partial charge on any atom is -0.383 e. The molecule has 1 aromatic heterocycles. The van der Waals surface area contributed by atoms with Gasteiger partial charge in [0.05, 0.1) is 31.3 Å². The number of primary amides is 1. The van der Waals surface area contributed by atoms with Crippen LogP contribution in [0.3, 0.4) is 0 Å². The van der Waals surface area contributed by atoms with Crippen LogP contribution in [-0.2, 0) is 16.1 Å². The van der Waals surface area contributed by atoms with Gasteiger partial charge < -0.3 is 15.4 Å². The van der Waals surface area contributed by atoms with Gasteiger partial charge in [0.1, 0.15) is 0 Å². The van der Waals surface area contributed by atoms with E-state index in [9.17, 15) is 4.79 Å². The van der Waals surface area contributed by atoms with E-state index in [0.717, 1.165) is 37.3 Å². The Morgan fingerprint density at radius 1 is 1.42 bits per heavy atom. The summed E-state index contributed by atoms with van der Waals surface area (Å²) in [6.45, 7) is 2.70. The van der Waals surface area contributed by atoms with Crippen molar-refractivity contribution in [1.82, 2.24) is 20.2 Å². The molecule has 1 aliphatic heterocycles. The van der Waals surface area contributed by atoms with E-state index in [1.807, 2.05) is 24.3 Å². The van der Waals surface area contributed by atoms with Gasteiger partial charge in [-0.2, -0.15) is 0 Å². The summed E-state index contributed by atoms with van der Waals surface area (Å²) < 4.78 is 6.93. The molecule has 9 heteroatoms. The molecule has 0 aliphatic carbocycles. The number of ether oxygens (including phenoxy) is 1. The molecule has 0 unspecified atom stereocenters. The number of nitrogens with two attached hydrogens (primary N) is 1. The molecule has 8 nitrogen and oxygen atoms in total. The van der Waals surface area contributed by atoms with Gasteiger partial charge in [0, 0.05) is 31.4 Å². The smallest absolute Gasteiger partial charge is 0.220 e. The van der Waals surface area contributed by atoms with Crippen molar-refractivity contribution in [3.63, 3.8) is 0 Å². The fourth-order valence-corrected chi connectivity index (χ4v) is 3.81. The van der Waals surface area contributed by atoms with Crippen molar-refractivity contribution in [2.24, 2.45) is 11.7 Å². The lowest BCUT2D eigenvalue weighted by molar-refractivity contribution is -0.931. The molecule has 2 heterocycles. The van der Waals surface area contributed by atoms with Gasteiger partial charge in [0.25, 0.3) is 0 Å². The van der Waals surface area contributed by atoms with Gasteiger partial charge >= 0.3 is 0 Å². The number of tetrazole rings is 1. The number of rotatable bonds is 7.